The summed E-state index contributed by atoms with van der Waals surface area (Å²) in [6.45, 7) is 7.54. The Morgan fingerprint density at radius 1 is 1.23 bits per heavy atom. The van der Waals surface area contributed by atoms with Crippen molar-refractivity contribution in [3.8, 4) is 5.88 Å². The van der Waals surface area contributed by atoms with Crippen molar-refractivity contribution < 1.29 is 9.84 Å². The second-order valence-corrected chi connectivity index (χ2v) is 8.25. The molecule has 0 spiro atoms. The van der Waals surface area contributed by atoms with Crippen LogP contribution < -0.4 is 0 Å². The minimum Gasteiger partial charge on any atom is -0.492 e. The Hall–Kier alpha value is -1.67. The number of aromatic nitrogens is 3. The highest BCUT2D eigenvalue weighted by atomic mass is 35.5. The molecular weight excluding hydrogens is 372 g/mol. The highest BCUT2D eigenvalue weighted by Gasteiger charge is 2.34. The lowest BCUT2D eigenvalue weighted by Crippen LogP contribution is -2.47. The van der Waals surface area contributed by atoms with Crippen LogP contribution in [0, 0.1) is 6.92 Å². The Balaban J connectivity index is 1.82. The van der Waals surface area contributed by atoms with Gasteiger partial charge in [0.05, 0.1) is 23.1 Å². The number of halogens is 1. The molecule has 0 aliphatic carbocycles. The molecule has 3 atom stereocenters. The number of rotatable bonds is 3. The number of fused-ring (bicyclic) bond motifs is 1. The standard InChI is InChI=1S/C18H21ClN4O2S/c1-10-8-22(9-11(2)25-10)15(13-4-6-14(19)7-5-13)16-17(24)23-18(26-16)20-12(3)21-23/h4-7,10-11,15,24H,8-9H2,1-3H3/t10-,11-,15-/m1/s1. The summed E-state index contributed by atoms with van der Waals surface area (Å²) in [5, 5.41) is 15.8. The molecule has 0 saturated carbocycles. The highest BCUT2D eigenvalue weighted by molar-refractivity contribution is 7.17. The maximum atomic E-state index is 10.8. The number of aromatic hydroxyl groups is 1. The Labute approximate surface area is 161 Å². The van der Waals surface area contributed by atoms with Crippen LogP contribution in [0.3, 0.4) is 0 Å². The molecule has 1 saturated heterocycles. The van der Waals surface area contributed by atoms with Crippen LogP contribution in [-0.2, 0) is 4.74 Å². The third-order valence-electron chi connectivity index (χ3n) is 4.55. The summed E-state index contributed by atoms with van der Waals surface area (Å²) in [5.41, 5.74) is 1.08. The topological polar surface area (TPSA) is 62.9 Å². The van der Waals surface area contributed by atoms with E-state index in [2.05, 4.69) is 28.8 Å². The second-order valence-electron chi connectivity index (χ2n) is 6.81. The predicted octanol–water partition coefficient (Wildman–Crippen LogP) is 3.66. The molecule has 0 amide bonds. The molecule has 0 bridgehead atoms. The fourth-order valence-corrected chi connectivity index (χ4v) is 4.92. The average molecular weight is 393 g/mol. The lowest BCUT2D eigenvalue weighted by molar-refractivity contribution is -0.0764. The van der Waals surface area contributed by atoms with Crippen LogP contribution in [0.2, 0.25) is 5.02 Å². The summed E-state index contributed by atoms with van der Waals surface area (Å²) in [5.74, 6) is 0.798. The van der Waals surface area contributed by atoms with E-state index in [1.807, 2.05) is 31.2 Å². The normalized spacial score (nSPS) is 22.8. The van der Waals surface area contributed by atoms with Crippen molar-refractivity contribution in [2.75, 3.05) is 13.1 Å². The van der Waals surface area contributed by atoms with E-state index >= 15 is 0 Å². The van der Waals surface area contributed by atoms with E-state index in [9.17, 15) is 5.11 Å². The van der Waals surface area contributed by atoms with E-state index < -0.39 is 0 Å². The molecule has 1 aliphatic rings. The molecule has 3 aromatic rings. The van der Waals surface area contributed by atoms with Crippen LogP contribution in [0.1, 0.15) is 36.2 Å². The van der Waals surface area contributed by atoms with E-state index in [-0.39, 0.29) is 24.1 Å². The van der Waals surface area contributed by atoms with Gasteiger partial charge in [-0.3, -0.25) is 4.90 Å². The minimum absolute atomic E-state index is 0.102. The number of nitrogens with zero attached hydrogens (tertiary/aromatic N) is 4. The monoisotopic (exact) mass is 392 g/mol. The van der Waals surface area contributed by atoms with Gasteiger partial charge in [0.15, 0.2) is 0 Å². The van der Waals surface area contributed by atoms with Crippen LogP contribution in [0.15, 0.2) is 24.3 Å². The molecule has 2 aromatic heterocycles. The zero-order valence-electron chi connectivity index (χ0n) is 14.9. The summed E-state index contributed by atoms with van der Waals surface area (Å²) in [7, 11) is 0. The van der Waals surface area contributed by atoms with Gasteiger partial charge >= 0.3 is 0 Å². The first-order valence-corrected chi connectivity index (χ1v) is 9.82. The van der Waals surface area contributed by atoms with Gasteiger partial charge < -0.3 is 9.84 Å². The fourth-order valence-electron chi connectivity index (χ4n) is 3.63. The first-order chi connectivity index (χ1) is 12.4. The smallest absolute Gasteiger partial charge is 0.230 e. The molecule has 1 N–H and O–H groups in total. The van der Waals surface area contributed by atoms with E-state index in [1.165, 1.54) is 15.9 Å². The van der Waals surface area contributed by atoms with Gasteiger partial charge in [-0.05, 0) is 38.5 Å². The summed E-state index contributed by atoms with van der Waals surface area (Å²) in [4.78, 5) is 8.29. The first kappa shape index (κ1) is 17.7. The molecule has 3 heterocycles. The summed E-state index contributed by atoms with van der Waals surface area (Å²) in [6.07, 6.45) is 0.250. The van der Waals surface area contributed by atoms with E-state index in [0.717, 1.165) is 23.5 Å². The Bertz CT molecular complexity index is 913. The number of hydrogen-bond acceptors (Lipinski definition) is 6. The fraction of sp³-hybridized carbons (Fsp3) is 0.444. The van der Waals surface area contributed by atoms with Gasteiger partial charge in [0, 0.05) is 18.1 Å². The SMILES string of the molecule is Cc1nc2sc([C@@H](c3ccc(Cl)cc3)N3C[C@@H](C)O[C@H](C)C3)c(O)n2n1. The van der Waals surface area contributed by atoms with Crippen LogP contribution in [0.25, 0.3) is 4.96 Å². The largest absolute Gasteiger partial charge is 0.492 e. The average Bonchev–Trinajstić information content (AvgIpc) is 3.07. The number of ether oxygens (including phenoxy) is 1. The number of morpholine rings is 1. The Morgan fingerprint density at radius 3 is 2.50 bits per heavy atom. The van der Waals surface area contributed by atoms with Crippen molar-refractivity contribution in [3.05, 3.63) is 45.6 Å². The van der Waals surface area contributed by atoms with E-state index in [4.69, 9.17) is 16.3 Å². The zero-order chi connectivity index (χ0) is 18.4. The molecule has 8 heteroatoms. The molecule has 1 fully saturated rings. The molecule has 26 heavy (non-hydrogen) atoms. The predicted molar refractivity (Wildman–Crippen MR) is 102 cm³/mol. The Morgan fingerprint density at radius 2 is 1.88 bits per heavy atom. The molecular formula is C18H21ClN4O2S. The number of benzene rings is 1. The van der Waals surface area contributed by atoms with Gasteiger partial charge in [-0.2, -0.15) is 4.52 Å². The quantitative estimate of drug-likeness (QED) is 0.737. The molecule has 1 aromatic carbocycles. The zero-order valence-corrected chi connectivity index (χ0v) is 16.5. The second kappa shape index (κ2) is 6.81. The van der Waals surface area contributed by atoms with Gasteiger partial charge in [-0.1, -0.05) is 35.1 Å². The van der Waals surface area contributed by atoms with Gasteiger partial charge in [0.25, 0.3) is 0 Å². The van der Waals surface area contributed by atoms with E-state index in [1.54, 1.807) is 0 Å². The molecule has 1 aliphatic heterocycles. The van der Waals surface area contributed by atoms with Crippen LogP contribution in [0.4, 0.5) is 0 Å². The number of thiazole rings is 1. The molecule has 0 radical (unpaired) electrons. The van der Waals surface area contributed by atoms with Crippen LogP contribution in [0.5, 0.6) is 5.88 Å². The van der Waals surface area contributed by atoms with Crippen molar-refractivity contribution in [1.82, 2.24) is 19.5 Å². The molecule has 6 nitrogen and oxygen atoms in total. The van der Waals surface area contributed by atoms with Crippen molar-refractivity contribution in [1.29, 1.82) is 0 Å². The van der Waals surface area contributed by atoms with Gasteiger partial charge in [0.1, 0.15) is 5.82 Å². The van der Waals surface area contributed by atoms with Crippen LogP contribution in [-0.4, -0.2) is 49.9 Å². The lowest BCUT2D eigenvalue weighted by Gasteiger charge is -2.40. The van der Waals surface area contributed by atoms with Crippen molar-refractivity contribution >= 4 is 27.9 Å². The number of aryl methyl sites for hydroxylation is 1. The van der Waals surface area contributed by atoms with Crippen molar-refractivity contribution in [2.24, 2.45) is 0 Å². The summed E-state index contributed by atoms with van der Waals surface area (Å²) >= 11 is 7.56. The third kappa shape index (κ3) is 3.20. The van der Waals surface area contributed by atoms with Crippen molar-refractivity contribution in [2.45, 2.75) is 39.0 Å². The van der Waals surface area contributed by atoms with Gasteiger partial charge in [-0.25, -0.2) is 4.98 Å². The molecule has 4 rings (SSSR count). The van der Waals surface area contributed by atoms with Crippen molar-refractivity contribution in [3.63, 3.8) is 0 Å². The van der Waals surface area contributed by atoms with E-state index in [0.29, 0.717) is 15.8 Å². The van der Waals surface area contributed by atoms with Gasteiger partial charge in [-0.15, -0.1) is 5.10 Å². The van der Waals surface area contributed by atoms with Crippen LogP contribution >= 0.6 is 22.9 Å². The minimum atomic E-state index is -0.102. The third-order valence-corrected chi connectivity index (χ3v) is 5.88. The van der Waals surface area contributed by atoms with Gasteiger partial charge in [0.2, 0.25) is 10.8 Å². The Kier molecular flexibility index (Phi) is 4.64. The lowest BCUT2D eigenvalue weighted by atomic mass is 10.0. The highest BCUT2D eigenvalue weighted by Crippen LogP contribution is 2.41. The molecule has 0 unspecified atom stereocenters. The molecule has 138 valence electrons. The summed E-state index contributed by atoms with van der Waals surface area (Å²) < 4.78 is 7.41. The maximum Gasteiger partial charge on any atom is 0.230 e. The first-order valence-electron chi connectivity index (χ1n) is 8.62. The summed E-state index contributed by atoms with van der Waals surface area (Å²) in [6, 6.07) is 7.69. The maximum absolute atomic E-state index is 10.8. The number of hydrogen-bond donors (Lipinski definition) is 1.